The molecule has 0 unspecified atom stereocenters. The van der Waals surface area contributed by atoms with Crippen molar-refractivity contribution in [1.82, 2.24) is 10.9 Å². The maximum atomic E-state index is 11.7. The quantitative estimate of drug-likeness (QED) is 0.734. The van der Waals surface area contributed by atoms with Crippen molar-refractivity contribution in [3.63, 3.8) is 0 Å². The molecule has 0 bridgehead atoms. The Morgan fingerprint density at radius 2 is 1.90 bits per heavy atom. The molecule has 0 radical (unpaired) electrons. The predicted molar refractivity (Wildman–Crippen MR) is 70.7 cm³/mol. The van der Waals surface area contributed by atoms with Gasteiger partial charge in [0.15, 0.2) is 0 Å². The van der Waals surface area contributed by atoms with E-state index in [4.69, 9.17) is 4.42 Å². The highest BCUT2D eigenvalue weighted by Crippen LogP contribution is 2.14. The number of hydrogen-bond acceptors (Lipinski definition) is 4. The summed E-state index contributed by atoms with van der Waals surface area (Å²) in [5.74, 6) is -0.360. The first-order chi connectivity index (χ1) is 9.66. The maximum absolute atomic E-state index is 11.7. The van der Waals surface area contributed by atoms with Gasteiger partial charge in [0, 0.05) is 12.8 Å². The number of phenolic OH excluding ortho intramolecular Hbond substituents is 1. The second-order valence-electron chi connectivity index (χ2n) is 4.10. The summed E-state index contributed by atoms with van der Waals surface area (Å²) >= 11 is 0. The molecular formula is C14H14N2O4. The van der Waals surface area contributed by atoms with E-state index in [1.54, 1.807) is 24.3 Å². The number of amides is 2. The van der Waals surface area contributed by atoms with Crippen LogP contribution >= 0.6 is 0 Å². The van der Waals surface area contributed by atoms with Crippen molar-refractivity contribution < 1.29 is 19.1 Å². The summed E-state index contributed by atoms with van der Waals surface area (Å²) in [5, 5.41) is 9.49. The van der Waals surface area contributed by atoms with Gasteiger partial charge in [0.25, 0.3) is 5.91 Å². The van der Waals surface area contributed by atoms with E-state index in [-0.39, 0.29) is 23.6 Å². The smallest absolute Gasteiger partial charge is 0.273 e. The zero-order chi connectivity index (χ0) is 14.4. The number of aryl methyl sites for hydroxylation is 1. The van der Waals surface area contributed by atoms with Gasteiger partial charge >= 0.3 is 0 Å². The SMILES string of the molecule is O=C(CCc1ccco1)NNC(=O)c1ccccc1O. The lowest BCUT2D eigenvalue weighted by atomic mass is 10.2. The van der Waals surface area contributed by atoms with E-state index in [9.17, 15) is 14.7 Å². The van der Waals surface area contributed by atoms with E-state index in [0.29, 0.717) is 12.2 Å². The van der Waals surface area contributed by atoms with Crippen LogP contribution in [0.15, 0.2) is 47.1 Å². The van der Waals surface area contributed by atoms with Crippen LogP contribution in [0.3, 0.4) is 0 Å². The number of para-hydroxylation sites is 1. The van der Waals surface area contributed by atoms with Gasteiger partial charge in [-0.1, -0.05) is 12.1 Å². The van der Waals surface area contributed by atoms with E-state index < -0.39 is 5.91 Å². The number of aromatic hydroxyl groups is 1. The molecule has 0 aliphatic heterocycles. The second kappa shape index (κ2) is 6.42. The Morgan fingerprint density at radius 1 is 1.10 bits per heavy atom. The minimum Gasteiger partial charge on any atom is -0.507 e. The van der Waals surface area contributed by atoms with Crippen molar-refractivity contribution in [2.24, 2.45) is 0 Å². The molecule has 0 spiro atoms. The molecule has 1 aromatic heterocycles. The zero-order valence-electron chi connectivity index (χ0n) is 10.6. The maximum Gasteiger partial charge on any atom is 0.273 e. The molecule has 2 amide bonds. The fourth-order valence-corrected chi connectivity index (χ4v) is 1.61. The van der Waals surface area contributed by atoms with Gasteiger partial charge in [-0.2, -0.15) is 0 Å². The normalized spacial score (nSPS) is 10.0. The summed E-state index contributed by atoms with van der Waals surface area (Å²) in [4.78, 5) is 23.2. The van der Waals surface area contributed by atoms with Gasteiger partial charge in [-0.3, -0.25) is 20.4 Å². The largest absolute Gasteiger partial charge is 0.507 e. The first-order valence-electron chi connectivity index (χ1n) is 6.06. The lowest BCUT2D eigenvalue weighted by Crippen LogP contribution is -2.41. The van der Waals surface area contributed by atoms with Gasteiger partial charge in [-0.05, 0) is 24.3 Å². The second-order valence-corrected chi connectivity index (χ2v) is 4.10. The van der Waals surface area contributed by atoms with E-state index in [1.165, 1.54) is 18.4 Å². The summed E-state index contributed by atoms with van der Waals surface area (Å²) in [6, 6.07) is 9.59. The van der Waals surface area contributed by atoms with Crippen LogP contribution in [-0.4, -0.2) is 16.9 Å². The van der Waals surface area contributed by atoms with Crippen molar-refractivity contribution in [2.45, 2.75) is 12.8 Å². The van der Waals surface area contributed by atoms with Crippen LogP contribution in [0.1, 0.15) is 22.5 Å². The van der Waals surface area contributed by atoms with Crippen LogP contribution in [-0.2, 0) is 11.2 Å². The van der Waals surface area contributed by atoms with Crippen molar-refractivity contribution in [3.05, 3.63) is 54.0 Å². The topological polar surface area (TPSA) is 91.6 Å². The summed E-state index contributed by atoms with van der Waals surface area (Å²) < 4.78 is 5.09. The summed E-state index contributed by atoms with van der Waals surface area (Å²) in [6.07, 6.45) is 2.17. The molecule has 104 valence electrons. The molecule has 1 aromatic carbocycles. The molecule has 2 rings (SSSR count). The molecule has 0 fully saturated rings. The predicted octanol–water partition coefficient (Wildman–Crippen LogP) is 1.38. The number of rotatable bonds is 4. The Bertz CT molecular complexity index is 593. The molecule has 20 heavy (non-hydrogen) atoms. The number of benzene rings is 1. The average Bonchev–Trinajstić information content (AvgIpc) is 2.96. The third-order valence-electron chi connectivity index (χ3n) is 2.64. The van der Waals surface area contributed by atoms with Gasteiger partial charge in [0.1, 0.15) is 11.5 Å². The van der Waals surface area contributed by atoms with Gasteiger partial charge in [0.05, 0.1) is 11.8 Å². The average molecular weight is 274 g/mol. The fraction of sp³-hybridized carbons (Fsp3) is 0.143. The van der Waals surface area contributed by atoms with Crippen molar-refractivity contribution in [3.8, 4) is 5.75 Å². The van der Waals surface area contributed by atoms with Crippen LogP contribution in [0.25, 0.3) is 0 Å². The van der Waals surface area contributed by atoms with Gasteiger partial charge < -0.3 is 9.52 Å². The number of carbonyl (C=O) groups is 2. The van der Waals surface area contributed by atoms with Crippen LogP contribution < -0.4 is 10.9 Å². The van der Waals surface area contributed by atoms with E-state index in [1.807, 2.05) is 0 Å². The van der Waals surface area contributed by atoms with Crippen LogP contribution in [0.2, 0.25) is 0 Å². The number of nitrogens with one attached hydrogen (secondary N) is 2. The van der Waals surface area contributed by atoms with Gasteiger partial charge in [0.2, 0.25) is 5.91 Å². The number of hydrazine groups is 1. The first-order valence-corrected chi connectivity index (χ1v) is 6.06. The molecule has 6 heteroatoms. The highest BCUT2D eigenvalue weighted by Gasteiger charge is 2.11. The zero-order valence-corrected chi connectivity index (χ0v) is 10.6. The van der Waals surface area contributed by atoms with Crippen LogP contribution in [0, 0.1) is 0 Å². The van der Waals surface area contributed by atoms with Crippen molar-refractivity contribution in [2.75, 3.05) is 0 Å². The third-order valence-corrected chi connectivity index (χ3v) is 2.64. The van der Waals surface area contributed by atoms with E-state index in [0.717, 1.165) is 0 Å². The Balaban J connectivity index is 1.78. The first kappa shape index (κ1) is 13.7. The van der Waals surface area contributed by atoms with Gasteiger partial charge in [-0.25, -0.2) is 0 Å². The molecule has 0 saturated carbocycles. The fourth-order valence-electron chi connectivity index (χ4n) is 1.61. The Kier molecular flexibility index (Phi) is 4.39. The minimum absolute atomic E-state index is 0.0961. The summed E-state index contributed by atoms with van der Waals surface area (Å²) in [7, 11) is 0. The monoisotopic (exact) mass is 274 g/mol. The molecule has 3 N–H and O–H groups in total. The minimum atomic E-state index is -0.575. The lowest BCUT2D eigenvalue weighted by molar-refractivity contribution is -0.121. The molecule has 6 nitrogen and oxygen atoms in total. The van der Waals surface area contributed by atoms with E-state index in [2.05, 4.69) is 10.9 Å². The number of hydrogen-bond donors (Lipinski definition) is 3. The van der Waals surface area contributed by atoms with E-state index >= 15 is 0 Å². The summed E-state index contributed by atoms with van der Waals surface area (Å²) in [6.45, 7) is 0. The number of phenols is 1. The molecule has 0 atom stereocenters. The Labute approximate surface area is 115 Å². The Morgan fingerprint density at radius 3 is 2.60 bits per heavy atom. The molecule has 2 aromatic rings. The molecular weight excluding hydrogens is 260 g/mol. The standard InChI is InChI=1S/C14H14N2O4/c17-12-6-2-1-5-11(12)14(19)16-15-13(18)8-7-10-4-3-9-20-10/h1-6,9,17H,7-8H2,(H,15,18)(H,16,19). The van der Waals surface area contributed by atoms with Crippen LogP contribution in [0.5, 0.6) is 5.75 Å². The molecule has 1 heterocycles. The molecule has 0 saturated heterocycles. The van der Waals surface area contributed by atoms with Crippen molar-refractivity contribution in [1.29, 1.82) is 0 Å². The molecule has 0 aliphatic rings. The third kappa shape index (κ3) is 3.61. The summed E-state index contributed by atoms with van der Waals surface area (Å²) in [5.41, 5.74) is 4.62. The van der Waals surface area contributed by atoms with Crippen LogP contribution in [0.4, 0.5) is 0 Å². The highest BCUT2D eigenvalue weighted by atomic mass is 16.3. The lowest BCUT2D eigenvalue weighted by Gasteiger charge is -2.07. The number of carbonyl (C=O) groups excluding carboxylic acids is 2. The highest BCUT2D eigenvalue weighted by molar-refractivity contribution is 5.97. The number of furan rings is 1. The Hall–Kier alpha value is -2.76. The van der Waals surface area contributed by atoms with Gasteiger partial charge in [-0.15, -0.1) is 0 Å². The molecule has 0 aliphatic carbocycles. The van der Waals surface area contributed by atoms with Crippen molar-refractivity contribution >= 4 is 11.8 Å².